The van der Waals surface area contributed by atoms with Crippen molar-refractivity contribution in [3.63, 3.8) is 0 Å². The SMILES string of the molecule is COc1ccc(OC(=O)NCCOCCNC(O)Oc2ccc(OC)cc2)cc1. The van der Waals surface area contributed by atoms with Gasteiger partial charge in [-0.25, -0.2) is 4.79 Å². The maximum absolute atomic E-state index is 11.7. The van der Waals surface area contributed by atoms with Crippen molar-refractivity contribution in [2.75, 3.05) is 40.5 Å². The zero-order valence-electron chi connectivity index (χ0n) is 16.4. The van der Waals surface area contributed by atoms with Crippen molar-refractivity contribution < 1.29 is 33.6 Å². The Morgan fingerprint density at radius 3 is 1.97 bits per heavy atom. The average molecular weight is 406 g/mol. The van der Waals surface area contributed by atoms with E-state index in [0.29, 0.717) is 49.3 Å². The fraction of sp³-hybridized carbons (Fsp3) is 0.350. The molecule has 158 valence electrons. The van der Waals surface area contributed by atoms with Crippen LogP contribution in [0, 0.1) is 0 Å². The van der Waals surface area contributed by atoms with E-state index in [1.807, 2.05) is 0 Å². The van der Waals surface area contributed by atoms with E-state index in [4.69, 9.17) is 23.7 Å². The zero-order chi connectivity index (χ0) is 20.9. The number of hydrogen-bond acceptors (Lipinski definition) is 8. The Morgan fingerprint density at radius 1 is 0.862 bits per heavy atom. The van der Waals surface area contributed by atoms with E-state index in [2.05, 4.69) is 10.6 Å². The van der Waals surface area contributed by atoms with Gasteiger partial charge in [-0.3, -0.25) is 5.32 Å². The van der Waals surface area contributed by atoms with Crippen LogP contribution in [0.15, 0.2) is 48.5 Å². The Bertz CT molecular complexity index is 723. The third-order valence-electron chi connectivity index (χ3n) is 3.66. The molecule has 0 aliphatic heterocycles. The molecule has 2 rings (SSSR count). The second-order valence-corrected chi connectivity index (χ2v) is 5.70. The molecule has 1 atom stereocenters. The number of benzene rings is 2. The van der Waals surface area contributed by atoms with Gasteiger partial charge in [-0.05, 0) is 48.5 Å². The molecular formula is C20H26N2O7. The molecule has 29 heavy (non-hydrogen) atoms. The first-order valence-corrected chi connectivity index (χ1v) is 9.00. The fourth-order valence-electron chi connectivity index (χ4n) is 2.19. The van der Waals surface area contributed by atoms with Crippen molar-refractivity contribution in [1.29, 1.82) is 0 Å². The van der Waals surface area contributed by atoms with Crippen molar-refractivity contribution in [1.82, 2.24) is 10.6 Å². The third-order valence-corrected chi connectivity index (χ3v) is 3.66. The monoisotopic (exact) mass is 406 g/mol. The molecule has 9 heteroatoms. The summed E-state index contributed by atoms with van der Waals surface area (Å²) in [4.78, 5) is 11.7. The topological polar surface area (TPSA) is 108 Å². The molecule has 9 nitrogen and oxygen atoms in total. The Kier molecular flexibility index (Phi) is 9.56. The van der Waals surface area contributed by atoms with E-state index in [-0.39, 0.29) is 0 Å². The van der Waals surface area contributed by atoms with Crippen molar-refractivity contribution in [3.8, 4) is 23.0 Å². The first kappa shape index (κ1) is 22.3. The molecule has 0 aliphatic rings. The van der Waals surface area contributed by atoms with Crippen LogP contribution in [0.1, 0.15) is 0 Å². The van der Waals surface area contributed by atoms with Crippen LogP contribution < -0.4 is 29.6 Å². The van der Waals surface area contributed by atoms with Crippen LogP contribution >= 0.6 is 0 Å². The van der Waals surface area contributed by atoms with Gasteiger partial charge in [0.2, 0.25) is 0 Å². The third kappa shape index (κ3) is 8.69. The summed E-state index contributed by atoms with van der Waals surface area (Å²) < 4.78 is 25.9. The number of ether oxygens (including phenoxy) is 5. The summed E-state index contributed by atoms with van der Waals surface area (Å²) in [5, 5.41) is 15.1. The minimum Gasteiger partial charge on any atom is -0.497 e. The number of aliphatic hydroxyl groups excluding tert-OH is 1. The standard InChI is InChI=1S/C20H26N2O7/c1-25-15-3-7-17(8-4-15)28-19(23)21-11-13-27-14-12-22-20(24)29-18-9-5-16(26-2)6-10-18/h3-10,19,21,23H,11-14H2,1-2H3,(H,22,24). The first-order valence-electron chi connectivity index (χ1n) is 9.00. The molecule has 0 saturated carbocycles. The Labute approximate surface area is 169 Å². The number of rotatable bonds is 12. The maximum atomic E-state index is 11.7. The first-order chi connectivity index (χ1) is 14.1. The minimum atomic E-state index is -1.16. The molecule has 0 bridgehead atoms. The molecule has 2 aromatic carbocycles. The van der Waals surface area contributed by atoms with E-state index >= 15 is 0 Å². The van der Waals surface area contributed by atoms with Gasteiger partial charge in [-0.1, -0.05) is 0 Å². The Hall–Kier alpha value is -3.01. The number of carbonyl (C=O) groups is 1. The normalized spacial score (nSPS) is 11.4. The van der Waals surface area contributed by atoms with Crippen LogP contribution in [0.4, 0.5) is 4.79 Å². The lowest BCUT2D eigenvalue weighted by molar-refractivity contribution is -0.0477. The summed E-state index contributed by atoms with van der Waals surface area (Å²) in [6.45, 7) is 1.29. The van der Waals surface area contributed by atoms with E-state index in [0.717, 1.165) is 0 Å². The quantitative estimate of drug-likeness (QED) is 0.362. The van der Waals surface area contributed by atoms with Crippen LogP contribution in [-0.4, -0.2) is 58.1 Å². The molecule has 0 spiro atoms. The summed E-state index contributed by atoms with van der Waals surface area (Å²) in [6.07, 6.45) is -1.73. The van der Waals surface area contributed by atoms with Gasteiger partial charge in [0, 0.05) is 13.1 Å². The highest BCUT2D eigenvalue weighted by Crippen LogP contribution is 2.18. The van der Waals surface area contributed by atoms with Gasteiger partial charge in [-0.15, -0.1) is 0 Å². The van der Waals surface area contributed by atoms with Crippen molar-refractivity contribution in [2.45, 2.75) is 6.41 Å². The molecule has 0 fully saturated rings. The summed E-state index contributed by atoms with van der Waals surface area (Å²) in [5.41, 5.74) is 0. The molecule has 0 saturated heterocycles. The summed E-state index contributed by atoms with van der Waals surface area (Å²) in [5.74, 6) is 2.31. The molecule has 0 aliphatic carbocycles. The van der Waals surface area contributed by atoms with Crippen LogP contribution in [0.25, 0.3) is 0 Å². The predicted octanol–water partition coefficient (Wildman–Crippen LogP) is 1.75. The van der Waals surface area contributed by atoms with Crippen molar-refractivity contribution in [3.05, 3.63) is 48.5 Å². The van der Waals surface area contributed by atoms with Gasteiger partial charge in [0.1, 0.15) is 23.0 Å². The number of methoxy groups -OCH3 is 2. The molecule has 1 amide bonds. The van der Waals surface area contributed by atoms with E-state index < -0.39 is 12.5 Å². The lowest BCUT2D eigenvalue weighted by Crippen LogP contribution is -2.37. The van der Waals surface area contributed by atoms with Gasteiger partial charge in [0.15, 0.2) is 0 Å². The summed E-state index contributed by atoms with van der Waals surface area (Å²) >= 11 is 0. The van der Waals surface area contributed by atoms with Crippen LogP contribution in [-0.2, 0) is 4.74 Å². The highest BCUT2D eigenvalue weighted by atomic mass is 16.6. The molecule has 0 aromatic heterocycles. The minimum absolute atomic E-state index is 0.292. The van der Waals surface area contributed by atoms with Gasteiger partial charge in [0.25, 0.3) is 6.41 Å². The lowest BCUT2D eigenvalue weighted by Gasteiger charge is -2.15. The largest absolute Gasteiger partial charge is 0.497 e. The summed E-state index contributed by atoms with van der Waals surface area (Å²) in [6, 6.07) is 13.5. The van der Waals surface area contributed by atoms with Gasteiger partial charge >= 0.3 is 6.09 Å². The Morgan fingerprint density at radius 2 is 1.38 bits per heavy atom. The number of hydrogen-bond donors (Lipinski definition) is 3. The maximum Gasteiger partial charge on any atom is 0.412 e. The fourth-order valence-corrected chi connectivity index (χ4v) is 2.19. The second kappa shape index (κ2) is 12.4. The predicted molar refractivity (Wildman–Crippen MR) is 105 cm³/mol. The molecule has 3 N–H and O–H groups in total. The molecule has 0 heterocycles. The van der Waals surface area contributed by atoms with Gasteiger partial charge < -0.3 is 34.1 Å². The number of aliphatic hydroxyl groups is 1. The molecule has 1 unspecified atom stereocenters. The summed E-state index contributed by atoms with van der Waals surface area (Å²) in [7, 11) is 3.14. The Balaban J connectivity index is 1.50. The number of carbonyl (C=O) groups excluding carboxylic acids is 1. The van der Waals surface area contributed by atoms with Crippen LogP contribution in [0.2, 0.25) is 0 Å². The van der Waals surface area contributed by atoms with Crippen LogP contribution in [0.3, 0.4) is 0 Å². The van der Waals surface area contributed by atoms with Crippen molar-refractivity contribution in [2.24, 2.45) is 0 Å². The second-order valence-electron chi connectivity index (χ2n) is 5.70. The number of nitrogens with one attached hydrogen (secondary N) is 2. The highest BCUT2D eigenvalue weighted by Gasteiger charge is 2.06. The average Bonchev–Trinajstić information content (AvgIpc) is 2.74. The molecule has 0 radical (unpaired) electrons. The molecule has 2 aromatic rings. The zero-order valence-corrected chi connectivity index (χ0v) is 16.4. The smallest absolute Gasteiger partial charge is 0.412 e. The van der Waals surface area contributed by atoms with E-state index in [1.165, 1.54) is 0 Å². The van der Waals surface area contributed by atoms with Crippen molar-refractivity contribution >= 4 is 6.09 Å². The van der Waals surface area contributed by atoms with Crippen LogP contribution in [0.5, 0.6) is 23.0 Å². The van der Waals surface area contributed by atoms with Gasteiger partial charge in [-0.2, -0.15) is 0 Å². The van der Waals surface area contributed by atoms with E-state index in [9.17, 15) is 9.90 Å². The van der Waals surface area contributed by atoms with Gasteiger partial charge in [0.05, 0.1) is 27.4 Å². The molecular weight excluding hydrogens is 380 g/mol. The number of amides is 1. The van der Waals surface area contributed by atoms with E-state index in [1.54, 1.807) is 62.8 Å². The lowest BCUT2D eigenvalue weighted by atomic mass is 10.3. The highest BCUT2D eigenvalue weighted by molar-refractivity contribution is 5.70.